The fourth-order valence-corrected chi connectivity index (χ4v) is 2.98. The summed E-state index contributed by atoms with van der Waals surface area (Å²) >= 11 is 1.51. The van der Waals surface area contributed by atoms with E-state index in [1.807, 2.05) is 0 Å². The number of thioether (sulfide) groups is 1. The van der Waals surface area contributed by atoms with Crippen LogP contribution >= 0.6 is 11.8 Å². The molecule has 4 nitrogen and oxygen atoms in total. The van der Waals surface area contributed by atoms with E-state index < -0.39 is 0 Å². The van der Waals surface area contributed by atoms with Gasteiger partial charge in [0.2, 0.25) is 5.91 Å². The molecular formula is C20H25NO3S. The van der Waals surface area contributed by atoms with Crippen LogP contribution in [-0.4, -0.2) is 25.9 Å². The van der Waals surface area contributed by atoms with Crippen LogP contribution < -0.4 is 14.8 Å². The molecule has 0 atom stereocenters. The van der Waals surface area contributed by atoms with Crippen LogP contribution in [0.4, 0.5) is 5.69 Å². The van der Waals surface area contributed by atoms with E-state index in [2.05, 4.69) is 50.4 Å². The average molecular weight is 359 g/mol. The SMILES string of the molecule is COc1cc(NC(=O)CSc2ccc(C(C)(C)C)cc2)cc(OC)c1. The summed E-state index contributed by atoms with van der Waals surface area (Å²) in [6, 6.07) is 13.7. The molecule has 0 fully saturated rings. The van der Waals surface area contributed by atoms with Crippen LogP contribution in [0.5, 0.6) is 11.5 Å². The van der Waals surface area contributed by atoms with Crippen molar-refractivity contribution in [2.45, 2.75) is 31.1 Å². The number of carbonyl (C=O) groups is 1. The third-order valence-electron chi connectivity index (χ3n) is 3.73. The van der Waals surface area contributed by atoms with Crippen LogP contribution in [0.15, 0.2) is 47.4 Å². The number of methoxy groups -OCH3 is 2. The van der Waals surface area contributed by atoms with Crippen LogP contribution in [0.3, 0.4) is 0 Å². The Kier molecular flexibility index (Phi) is 6.37. The van der Waals surface area contributed by atoms with E-state index in [0.717, 1.165) is 4.90 Å². The summed E-state index contributed by atoms with van der Waals surface area (Å²) in [5, 5.41) is 2.88. The first-order chi connectivity index (χ1) is 11.8. The fourth-order valence-electron chi connectivity index (χ4n) is 2.28. The van der Waals surface area contributed by atoms with Gasteiger partial charge in [0, 0.05) is 28.8 Å². The molecule has 134 valence electrons. The third kappa shape index (κ3) is 5.71. The highest BCUT2D eigenvalue weighted by Crippen LogP contribution is 2.27. The molecule has 2 aromatic carbocycles. The van der Waals surface area contributed by atoms with E-state index in [-0.39, 0.29) is 11.3 Å². The molecule has 0 saturated heterocycles. The van der Waals surface area contributed by atoms with Crippen molar-refractivity contribution in [1.82, 2.24) is 0 Å². The van der Waals surface area contributed by atoms with Crippen LogP contribution in [-0.2, 0) is 10.2 Å². The largest absolute Gasteiger partial charge is 0.497 e. The summed E-state index contributed by atoms with van der Waals surface area (Å²) in [4.78, 5) is 13.3. The molecule has 2 rings (SSSR count). The molecule has 1 N–H and O–H groups in total. The van der Waals surface area contributed by atoms with Crippen molar-refractivity contribution in [2.24, 2.45) is 0 Å². The van der Waals surface area contributed by atoms with Crippen molar-refractivity contribution in [1.29, 1.82) is 0 Å². The average Bonchev–Trinajstić information content (AvgIpc) is 2.59. The monoisotopic (exact) mass is 359 g/mol. The number of carbonyl (C=O) groups excluding carboxylic acids is 1. The summed E-state index contributed by atoms with van der Waals surface area (Å²) in [7, 11) is 3.16. The Balaban J connectivity index is 1.95. The molecule has 0 aliphatic heterocycles. The Hall–Kier alpha value is -2.14. The van der Waals surface area contributed by atoms with Gasteiger partial charge in [0.25, 0.3) is 0 Å². The molecule has 1 amide bonds. The molecule has 0 heterocycles. The lowest BCUT2D eigenvalue weighted by Gasteiger charge is -2.19. The fraction of sp³-hybridized carbons (Fsp3) is 0.350. The van der Waals surface area contributed by atoms with Crippen LogP contribution in [0.25, 0.3) is 0 Å². The molecule has 25 heavy (non-hydrogen) atoms. The molecule has 0 aromatic heterocycles. The van der Waals surface area contributed by atoms with Crippen LogP contribution in [0.2, 0.25) is 0 Å². The van der Waals surface area contributed by atoms with Gasteiger partial charge in [0.15, 0.2) is 0 Å². The summed E-state index contributed by atoms with van der Waals surface area (Å²) < 4.78 is 10.4. The molecule has 5 heteroatoms. The Morgan fingerprint density at radius 2 is 1.56 bits per heavy atom. The number of rotatable bonds is 6. The van der Waals surface area contributed by atoms with E-state index in [1.165, 1.54) is 17.3 Å². The molecule has 0 unspecified atom stereocenters. The number of amides is 1. The number of nitrogens with one attached hydrogen (secondary N) is 1. The molecule has 0 saturated carbocycles. The second-order valence-electron chi connectivity index (χ2n) is 6.71. The van der Waals surface area contributed by atoms with Gasteiger partial charge in [-0.15, -0.1) is 11.8 Å². The van der Waals surface area contributed by atoms with E-state index in [1.54, 1.807) is 32.4 Å². The minimum absolute atomic E-state index is 0.0693. The van der Waals surface area contributed by atoms with E-state index in [4.69, 9.17) is 9.47 Å². The van der Waals surface area contributed by atoms with Gasteiger partial charge < -0.3 is 14.8 Å². The molecule has 0 bridgehead atoms. The predicted octanol–water partition coefficient (Wildman–Crippen LogP) is 4.73. The maximum absolute atomic E-state index is 12.2. The van der Waals surface area contributed by atoms with Crippen molar-refractivity contribution in [3.05, 3.63) is 48.0 Å². The number of benzene rings is 2. The second-order valence-corrected chi connectivity index (χ2v) is 7.76. The summed E-state index contributed by atoms with van der Waals surface area (Å²) in [6.07, 6.45) is 0. The number of anilines is 1. The number of hydrogen-bond acceptors (Lipinski definition) is 4. The first-order valence-corrected chi connectivity index (χ1v) is 9.06. The van der Waals surface area contributed by atoms with Gasteiger partial charge in [-0.25, -0.2) is 0 Å². The molecule has 0 radical (unpaired) electrons. The van der Waals surface area contributed by atoms with Crippen LogP contribution in [0, 0.1) is 0 Å². The molecule has 2 aromatic rings. The lowest BCUT2D eigenvalue weighted by molar-refractivity contribution is -0.113. The highest BCUT2D eigenvalue weighted by Gasteiger charge is 2.13. The first-order valence-electron chi connectivity index (χ1n) is 8.08. The highest BCUT2D eigenvalue weighted by molar-refractivity contribution is 8.00. The summed E-state index contributed by atoms with van der Waals surface area (Å²) in [5.41, 5.74) is 2.07. The topological polar surface area (TPSA) is 47.6 Å². The quantitative estimate of drug-likeness (QED) is 0.757. The Morgan fingerprint density at radius 1 is 1.00 bits per heavy atom. The van der Waals surface area contributed by atoms with Gasteiger partial charge in [-0.05, 0) is 23.1 Å². The minimum atomic E-state index is -0.0693. The zero-order valence-corrected chi connectivity index (χ0v) is 16.2. The summed E-state index contributed by atoms with van der Waals surface area (Å²) in [6.45, 7) is 6.56. The Bertz CT molecular complexity index is 698. The molecular weight excluding hydrogens is 334 g/mol. The second kappa shape index (κ2) is 8.30. The predicted molar refractivity (Wildman–Crippen MR) is 104 cm³/mol. The lowest BCUT2D eigenvalue weighted by Crippen LogP contribution is -2.14. The summed E-state index contributed by atoms with van der Waals surface area (Å²) in [5.74, 6) is 1.55. The smallest absolute Gasteiger partial charge is 0.234 e. The zero-order chi connectivity index (χ0) is 18.4. The third-order valence-corrected chi connectivity index (χ3v) is 4.74. The normalized spacial score (nSPS) is 11.1. The van der Waals surface area contributed by atoms with Gasteiger partial charge in [0.1, 0.15) is 11.5 Å². The van der Waals surface area contributed by atoms with Crippen molar-refractivity contribution in [3.8, 4) is 11.5 Å². The maximum Gasteiger partial charge on any atom is 0.234 e. The molecule has 0 spiro atoms. The van der Waals surface area contributed by atoms with Gasteiger partial charge in [-0.1, -0.05) is 32.9 Å². The lowest BCUT2D eigenvalue weighted by atomic mass is 9.87. The van der Waals surface area contributed by atoms with Gasteiger partial charge >= 0.3 is 0 Å². The maximum atomic E-state index is 12.2. The van der Waals surface area contributed by atoms with Crippen molar-refractivity contribution in [3.63, 3.8) is 0 Å². The van der Waals surface area contributed by atoms with Gasteiger partial charge in [-0.2, -0.15) is 0 Å². The van der Waals surface area contributed by atoms with E-state index in [0.29, 0.717) is 22.9 Å². The van der Waals surface area contributed by atoms with E-state index in [9.17, 15) is 4.79 Å². The van der Waals surface area contributed by atoms with Crippen molar-refractivity contribution < 1.29 is 14.3 Å². The Morgan fingerprint density at radius 3 is 2.04 bits per heavy atom. The van der Waals surface area contributed by atoms with E-state index >= 15 is 0 Å². The molecule has 0 aliphatic carbocycles. The van der Waals surface area contributed by atoms with Gasteiger partial charge in [0.05, 0.1) is 20.0 Å². The van der Waals surface area contributed by atoms with Gasteiger partial charge in [-0.3, -0.25) is 4.79 Å². The number of hydrogen-bond donors (Lipinski definition) is 1. The Labute approximate surface area is 153 Å². The standard InChI is InChI=1S/C20H25NO3S/c1-20(2,3)14-6-8-18(9-7-14)25-13-19(22)21-15-10-16(23-4)12-17(11-15)24-5/h6-12H,13H2,1-5H3,(H,21,22). The van der Waals surface area contributed by atoms with Crippen molar-refractivity contribution in [2.75, 3.05) is 25.3 Å². The molecule has 0 aliphatic rings. The van der Waals surface area contributed by atoms with Crippen LogP contribution in [0.1, 0.15) is 26.3 Å². The van der Waals surface area contributed by atoms with Crippen molar-refractivity contribution >= 4 is 23.4 Å². The number of ether oxygens (including phenoxy) is 2. The minimum Gasteiger partial charge on any atom is -0.497 e. The highest BCUT2D eigenvalue weighted by atomic mass is 32.2. The zero-order valence-electron chi connectivity index (χ0n) is 15.4. The first kappa shape index (κ1) is 19.2.